The number of carbonyl (C=O) groups is 1. The van der Waals surface area contributed by atoms with Crippen molar-refractivity contribution in [3.05, 3.63) is 45.0 Å². The van der Waals surface area contributed by atoms with Crippen molar-refractivity contribution in [3.8, 4) is 0 Å². The third-order valence-corrected chi connectivity index (χ3v) is 3.13. The highest BCUT2D eigenvalue weighted by Gasteiger charge is 2.13. The molecule has 8 heteroatoms. The number of nitrogens with one attached hydrogen (secondary N) is 1. The summed E-state index contributed by atoms with van der Waals surface area (Å²) in [6, 6.07) is 3.55. The minimum Gasteiger partial charge on any atom is -0.398 e. The van der Waals surface area contributed by atoms with Crippen LogP contribution in [0.3, 0.4) is 0 Å². The number of amides is 1. The van der Waals surface area contributed by atoms with E-state index in [0.29, 0.717) is 9.21 Å². The Morgan fingerprint density at radius 2 is 2.11 bits per heavy atom. The van der Waals surface area contributed by atoms with Gasteiger partial charge in [-0.2, -0.15) is 0 Å². The monoisotopic (exact) mass is 388 g/mol. The lowest BCUT2D eigenvalue weighted by molar-refractivity contribution is 0.102. The van der Waals surface area contributed by atoms with Gasteiger partial charge < -0.3 is 11.1 Å². The lowest BCUT2D eigenvalue weighted by Crippen LogP contribution is -2.15. The van der Waals surface area contributed by atoms with Crippen LogP contribution in [-0.4, -0.2) is 15.9 Å². The van der Waals surface area contributed by atoms with E-state index in [-0.39, 0.29) is 17.1 Å². The summed E-state index contributed by atoms with van der Waals surface area (Å²) in [4.78, 5) is 20.0. The van der Waals surface area contributed by atoms with Gasteiger partial charge in [-0.25, -0.2) is 14.4 Å². The molecule has 0 saturated heterocycles. The maximum atomic E-state index is 12.9. The normalized spacial score (nSPS) is 10.3. The SMILES string of the molecule is Nc1cc(F)ccc1C(=O)Nc1ncc(Br)nc1Br. The van der Waals surface area contributed by atoms with Crippen molar-refractivity contribution < 1.29 is 9.18 Å². The van der Waals surface area contributed by atoms with Crippen LogP contribution < -0.4 is 11.1 Å². The van der Waals surface area contributed by atoms with Crippen LogP contribution >= 0.6 is 31.9 Å². The van der Waals surface area contributed by atoms with Gasteiger partial charge in [-0.1, -0.05) is 0 Å². The van der Waals surface area contributed by atoms with Crippen molar-refractivity contribution in [1.29, 1.82) is 0 Å². The van der Waals surface area contributed by atoms with Crippen molar-refractivity contribution >= 4 is 49.3 Å². The highest BCUT2D eigenvalue weighted by atomic mass is 79.9. The molecule has 0 spiro atoms. The summed E-state index contributed by atoms with van der Waals surface area (Å²) < 4.78 is 13.8. The topological polar surface area (TPSA) is 80.9 Å². The number of rotatable bonds is 2. The van der Waals surface area contributed by atoms with Gasteiger partial charge in [0.15, 0.2) is 5.82 Å². The standard InChI is InChI=1S/C11H7Br2FN4O/c12-8-4-16-10(9(13)17-8)18-11(19)6-2-1-5(14)3-7(6)15/h1-4H,15H2,(H,16,18,19). The minimum absolute atomic E-state index is 0.0543. The Kier molecular flexibility index (Phi) is 4.11. The third kappa shape index (κ3) is 3.27. The predicted molar refractivity (Wildman–Crippen MR) is 76.2 cm³/mol. The number of anilines is 2. The van der Waals surface area contributed by atoms with Gasteiger partial charge in [0.25, 0.3) is 5.91 Å². The van der Waals surface area contributed by atoms with Crippen molar-refractivity contribution in [3.63, 3.8) is 0 Å². The van der Waals surface area contributed by atoms with Gasteiger partial charge in [-0.15, -0.1) is 0 Å². The number of benzene rings is 1. The maximum Gasteiger partial charge on any atom is 0.258 e. The molecule has 0 atom stereocenters. The highest BCUT2D eigenvalue weighted by Crippen LogP contribution is 2.21. The molecule has 1 amide bonds. The van der Waals surface area contributed by atoms with Gasteiger partial charge in [0.1, 0.15) is 15.0 Å². The molecule has 0 unspecified atom stereocenters. The average Bonchev–Trinajstić information content (AvgIpc) is 2.32. The maximum absolute atomic E-state index is 12.9. The summed E-state index contributed by atoms with van der Waals surface area (Å²) in [5, 5.41) is 2.53. The van der Waals surface area contributed by atoms with Crippen LogP contribution in [0.4, 0.5) is 15.9 Å². The van der Waals surface area contributed by atoms with E-state index in [0.717, 1.165) is 12.1 Å². The zero-order valence-corrected chi connectivity index (χ0v) is 12.5. The van der Waals surface area contributed by atoms with Crippen LogP contribution in [0, 0.1) is 5.82 Å². The molecule has 1 aromatic heterocycles. The highest BCUT2D eigenvalue weighted by molar-refractivity contribution is 9.11. The number of halogens is 3. The first-order valence-electron chi connectivity index (χ1n) is 5.02. The summed E-state index contributed by atoms with van der Waals surface area (Å²) >= 11 is 6.32. The van der Waals surface area contributed by atoms with E-state index in [9.17, 15) is 9.18 Å². The number of hydrogen-bond donors (Lipinski definition) is 2. The molecule has 0 bridgehead atoms. The average molecular weight is 390 g/mol. The third-order valence-electron chi connectivity index (χ3n) is 2.19. The molecule has 2 rings (SSSR count). The van der Waals surface area contributed by atoms with E-state index in [1.165, 1.54) is 12.3 Å². The molecular weight excluding hydrogens is 383 g/mol. The Bertz CT molecular complexity index is 651. The van der Waals surface area contributed by atoms with Gasteiger partial charge in [0.2, 0.25) is 0 Å². The minimum atomic E-state index is -0.501. The molecule has 2 aromatic rings. The smallest absolute Gasteiger partial charge is 0.258 e. The van der Waals surface area contributed by atoms with Gasteiger partial charge in [-0.3, -0.25) is 4.79 Å². The largest absolute Gasteiger partial charge is 0.398 e. The quantitative estimate of drug-likeness (QED) is 0.773. The van der Waals surface area contributed by atoms with Gasteiger partial charge in [-0.05, 0) is 50.1 Å². The van der Waals surface area contributed by atoms with E-state index in [2.05, 4.69) is 47.1 Å². The first-order valence-corrected chi connectivity index (χ1v) is 6.60. The molecular formula is C11H7Br2FN4O. The summed E-state index contributed by atoms with van der Waals surface area (Å²) in [5.41, 5.74) is 5.80. The molecule has 0 aliphatic rings. The second kappa shape index (κ2) is 5.62. The van der Waals surface area contributed by atoms with E-state index in [1.54, 1.807) is 0 Å². The van der Waals surface area contributed by atoms with Gasteiger partial charge >= 0.3 is 0 Å². The van der Waals surface area contributed by atoms with Crippen molar-refractivity contribution in [2.24, 2.45) is 0 Å². The van der Waals surface area contributed by atoms with Crippen LogP contribution in [0.2, 0.25) is 0 Å². The Morgan fingerprint density at radius 3 is 2.74 bits per heavy atom. The molecule has 5 nitrogen and oxygen atoms in total. The van der Waals surface area contributed by atoms with Gasteiger partial charge in [0, 0.05) is 5.69 Å². The second-order valence-corrected chi connectivity index (χ2v) is 5.08. The summed E-state index contributed by atoms with van der Waals surface area (Å²) in [6.45, 7) is 0. The first kappa shape index (κ1) is 13.9. The van der Waals surface area contributed by atoms with Crippen molar-refractivity contribution in [2.75, 3.05) is 11.1 Å². The number of carbonyl (C=O) groups excluding carboxylic acids is 1. The predicted octanol–water partition coefficient (Wildman–Crippen LogP) is 2.98. The number of hydrogen-bond acceptors (Lipinski definition) is 4. The lowest BCUT2D eigenvalue weighted by atomic mass is 10.1. The molecule has 0 radical (unpaired) electrons. The van der Waals surface area contributed by atoms with Crippen molar-refractivity contribution in [2.45, 2.75) is 0 Å². The fourth-order valence-corrected chi connectivity index (χ4v) is 2.26. The molecule has 1 heterocycles. The molecule has 1 aromatic carbocycles. The Hall–Kier alpha value is -1.54. The fraction of sp³-hybridized carbons (Fsp3) is 0. The molecule has 0 saturated carbocycles. The number of nitrogens with zero attached hydrogens (tertiary/aromatic N) is 2. The zero-order chi connectivity index (χ0) is 14.0. The van der Waals surface area contributed by atoms with Crippen LogP contribution in [0.5, 0.6) is 0 Å². The van der Waals surface area contributed by atoms with E-state index >= 15 is 0 Å². The molecule has 0 fully saturated rings. The van der Waals surface area contributed by atoms with Crippen LogP contribution in [0.25, 0.3) is 0 Å². The van der Waals surface area contributed by atoms with E-state index in [1.807, 2.05) is 0 Å². The summed E-state index contributed by atoms with van der Waals surface area (Å²) in [5.74, 6) is -0.745. The van der Waals surface area contributed by atoms with Crippen LogP contribution in [-0.2, 0) is 0 Å². The lowest BCUT2D eigenvalue weighted by Gasteiger charge is -2.08. The molecule has 0 aliphatic carbocycles. The zero-order valence-electron chi connectivity index (χ0n) is 9.32. The summed E-state index contributed by atoms with van der Waals surface area (Å²) in [6.07, 6.45) is 1.44. The second-order valence-electron chi connectivity index (χ2n) is 3.52. The van der Waals surface area contributed by atoms with Crippen LogP contribution in [0.1, 0.15) is 10.4 Å². The molecule has 3 N–H and O–H groups in total. The number of nitrogens with two attached hydrogens (primary N) is 1. The van der Waals surface area contributed by atoms with Crippen molar-refractivity contribution in [1.82, 2.24) is 9.97 Å². The van der Waals surface area contributed by atoms with Gasteiger partial charge in [0.05, 0.1) is 11.8 Å². The number of nitrogen functional groups attached to an aromatic ring is 1. The Morgan fingerprint density at radius 1 is 1.37 bits per heavy atom. The van der Waals surface area contributed by atoms with Crippen LogP contribution in [0.15, 0.2) is 33.6 Å². The Labute approximate surface area is 124 Å². The first-order chi connectivity index (χ1) is 8.97. The Balaban J connectivity index is 2.25. The number of aromatic nitrogens is 2. The molecule has 98 valence electrons. The molecule has 19 heavy (non-hydrogen) atoms. The van der Waals surface area contributed by atoms with E-state index < -0.39 is 11.7 Å². The summed E-state index contributed by atoms with van der Waals surface area (Å²) in [7, 11) is 0. The van der Waals surface area contributed by atoms with E-state index in [4.69, 9.17) is 5.73 Å². The fourth-order valence-electron chi connectivity index (χ4n) is 1.35. The molecule has 0 aliphatic heterocycles.